The second-order valence-electron chi connectivity index (χ2n) is 5.56. The van der Waals surface area contributed by atoms with Crippen LogP contribution in [0.2, 0.25) is 0 Å². The van der Waals surface area contributed by atoms with E-state index in [0.29, 0.717) is 17.7 Å². The molecule has 0 aromatic heterocycles. The van der Waals surface area contributed by atoms with Gasteiger partial charge in [-0.3, -0.25) is 9.59 Å². The van der Waals surface area contributed by atoms with E-state index in [-0.39, 0.29) is 28.3 Å². The number of sulfone groups is 1. The molecule has 1 aliphatic rings. The van der Waals surface area contributed by atoms with Crippen molar-refractivity contribution in [3.8, 4) is 5.75 Å². The lowest BCUT2D eigenvalue weighted by atomic mass is 10.1. The van der Waals surface area contributed by atoms with Crippen LogP contribution in [0.4, 0.5) is 0 Å². The first-order valence-electron chi connectivity index (χ1n) is 7.50. The number of ether oxygens (including phenoxy) is 2. The Morgan fingerprint density at radius 3 is 2.50 bits per heavy atom. The summed E-state index contributed by atoms with van der Waals surface area (Å²) >= 11 is 1.27. The van der Waals surface area contributed by atoms with Crippen LogP contribution in [0.3, 0.4) is 0 Å². The summed E-state index contributed by atoms with van der Waals surface area (Å²) < 4.78 is 32.9. The minimum Gasteiger partial charge on any atom is -0.497 e. The maximum absolute atomic E-state index is 12.2. The van der Waals surface area contributed by atoms with Crippen molar-refractivity contribution in [3.63, 3.8) is 0 Å². The third kappa shape index (κ3) is 5.24. The molecule has 0 bridgehead atoms. The number of methoxy groups -OCH3 is 1. The number of benzene rings is 1. The minimum absolute atomic E-state index is 0.0421. The van der Waals surface area contributed by atoms with Crippen LogP contribution in [0.25, 0.3) is 0 Å². The quantitative estimate of drug-likeness (QED) is 0.532. The number of carbonyl (C=O) groups excluding carboxylic acids is 2. The molecule has 24 heavy (non-hydrogen) atoms. The third-order valence-electron chi connectivity index (χ3n) is 3.68. The molecule has 8 heteroatoms. The summed E-state index contributed by atoms with van der Waals surface area (Å²) in [4.78, 5) is 24.1. The Bertz CT molecular complexity index is 696. The molecule has 132 valence electrons. The van der Waals surface area contributed by atoms with E-state index in [9.17, 15) is 18.0 Å². The molecule has 1 aliphatic heterocycles. The van der Waals surface area contributed by atoms with E-state index in [1.165, 1.54) is 25.8 Å². The van der Waals surface area contributed by atoms with Crippen LogP contribution in [0.1, 0.15) is 23.7 Å². The van der Waals surface area contributed by atoms with Crippen molar-refractivity contribution >= 4 is 33.4 Å². The number of carbonyl (C=O) groups is 2. The molecule has 2 rings (SSSR count). The number of rotatable bonds is 7. The lowest BCUT2D eigenvalue weighted by Gasteiger charge is -2.13. The van der Waals surface area contributed by atoms with Gasteiger partial charge in [0, 0.05) is 10.8 Å². The fourth-order valence-electron chi connectivity index (χ4n) is 2.35. The molecular formula is C16H20O6S2. The number of thioether (sulfide) groups is 1. The highest BCUT2D eigenvalue weighted by Crippen LogP contribution is 2.24. The highest BCUT2D eigenvalue weighted by molar-refractivity contribution is 8.02. The fraction of sp³-hybridized carbons (Fsp3) is 0.500. The zero-order valence-corrected chi connectivity index (χ0v) is 15.2. The summed E-state index contributed by atoms with van der Waals surface area (Å²) in [7, 11) is -1.42. The Balaban J connectivity index is 1.81. The van der Waals surface area contributed by atoms with Crippen molar-refractivity contribution in [1.29, 1.82) is 0 Å². The van der Waals surface area contributed by atoms with Gasteiger partial charge < -0.3 is 9.47 Å². The molecule has 0 unspecified atom stereocenters. The maximum atomic E-state index is 12.2. The molecule has 0 spiro atoms. The number of ketones is 1. The summed E-state index contributed by atoms with van der Waals surface area (Å²) in [5, 5.41) is -0.0739. The van der Waals surface area contributed by atoms with Crippen molar-refractivity contribution in [2.45, 2.75) is 24.7 Å². The van der Waals surface area contributed by atoms with Crippen LogP contribution < -0.4 is 4.74 Å². The third-order valence-corrected chi connectivity index (χ3v) is 6.93. The van der Waals surface area contributed by atoms with Crippen LogP contribution in [-0.4, -0.2) is 55.9 Å². The molecule has 0 saturated carbocycles. The van der Waals surface area contributed by atoms with Crippen molar-refractivity contribution in [1.82, 2.24) is 0 Å². The SMILES string of the molecule is COc1ccc(C(=O)[C@@H](C)OC(=O)CS[C@@H]2CCS(=O)(=O)C2)cc1. The molecule has 1 fully saturated rings. The number of hydrogen-bond donors (Lipinski definition) is 0. The van der Waals surface area contributed by atoms with Crippen molar-refractivity contribution < 1.29 is 27.5 Å². The largest absolute Gasteiger partial charge is 0.497 e. The molecule has 2 atom stereocenters. The maximum Gasteiger partial charge on any atom is 0.316 e. The molecule has 0 amide bonds. The predicted molar refractivity (Wildman–Crippen MR) is 92.4 cm³/mol. The summed E-state index contributed by atoms with van der Waals surface area (Å²) in [6, 6.07) is 6.56. The van der Waals surface area contributed by atoms with Gasteiger partial charge in [-0.1, -0.05) is 0 Å². The second kappa shape index (κ2) is 8.02. The van der Waals surface area contributed by atoms with Crippen molar-refractivity contribution in [2.24, 2.45) is 0 Å². The van der Waals surface area contributed by atoms with E-state index < -0.39 is 21.9 Å². The highest BCUT2D eigenvalue weighted by Gasteiger charge is 2.29. The van der Waals surface area contributed by atoms with Crippen LogP contribution in [0.15, 0.2) is 24.3 Å². The van der Waals surface area contributed by atoms with E-state index in [0.717, 1.165) is 0 Å². The van der Waals surface area contributed by atoms with Crippen LogP contribution in [0, 0.1) is 0 Å². The Morgan fingerprint density at radius 1 is 1.29 bits per heavy atom. The first-order valence-corrected chi connectivity index (χ1v) is 10.4. The van der Waals surface area contributed by atoms with Gasteiger partial charge in [-0.15, -0.1) is 11.8 Å². The van der Waals surface area contributed by atoms with Gasteiger partial charge in [0.25, 0.3) is 0 Å². The van der Waals surface area contributed by atoms with Gasteiger partial charge in [0.15, 0.2) is 15.9 Å². The van der Waals surface area contributed by atoms with Gasteiger partial charge in [-0.25, -0.2) is 8.42 Å². The molecule has 1 saturated heterocycles. The second-order valence-corrected chi connectivity index (χ2v) is 9.08. The zero-order valence-electron chi connectivity index (χ0n) is 13.6. The summed E-state index contributed by atoms with van der Waals surface area (Å²) in [5.41, 5.74) is 0.436. The molecule has 1 aromatic carbocycles. The smallest absolute Gasteiger partial charge is 0.316 e. The first kappa shape index (κ1) is 18.8. The summed E-state index contributed by atoms with van der Waals surface area (Å²) in [6.07, 6.45) is -0.334. The van der Waals surface area contributed by atoms with Crippen LogP contribution in [0.5, 0.6) is 5.75 Å². The van der Waals surface area contributed by atoms with Gasteiger partial charge in [-0.2, -0.15) is 0 Å². The first-order chi connectivity index (χ1) is 11.3. The fourth-order valence-corrected chi connectivity index (χ4v) is 5.78. The van der Waals surface area contributed by atoms with Gasteiger partial charge in [0.05, 0.1) is 24.4 Å². The van der Waals surface area contributed by atoms with Crippen molar-refractivity contribution in [3.05, 3.63) is 29.8 Å². The van der Waals surface area contributed by atoms with Crippen molar-refractivity contribution in [2.75, 3.05) is 24.4 Å². The van der Waals surface area contributed by atoms with Gasteiger partial charge >= 0.3 is 5.97 Å². The molecule has 1 heterocycles. The van der Waals surface area contributed by atoms with Crippen LogP contribution in [-0.2, 0) is 19.4 Å². The highest BCUT2D eigenvalue weighted by atomic mass is 32.2. The molecule has 6 nitrogen and oxygen atoms in total. The van der Waals surface area contributed by atoms with E-state index in [1.54, 1.807) is 24.3 Å². The Morgan fingerprint density at radius 2 is 1.96 bits per heavy atom. The standard InChI is InChI=1S/C16H20O6S2/c1-11(16(18)12-3-5-13(21-2)6-4-12)22-15(17)9-23-14-7-8-24(19,20)10-14/h3-6,11,14H,7-10H2,1-2H3/t11-,14-/m1/s1. The average molecular weight is 372 g/mol. The topological polar surface area (TPSA) is 86.7 Å². The summed E-state index contributed by atoms with van der Waals surface area (Å²) in [5.74, 6) is 0.148. The monoisotopic (exact) mass is 372 g/mol. The Kier molecular flexibility index (Phi) is 6.28. The summed E-state index contributed by atoms with van der Waals surface area (Å²) in [6.45, 7) is 1.52. The van der Waals surface area contributed by atoms with E-state index >= 15 is 0 Å². The number of Topliss-reactive ketones (excluding diaryl/α,β-unsaturated/α-hetero) is 1. The van der Waals surface area contributed by atoms with Gasteiger partial charge in [-0.05, 0) is 37.6 Å². The lowest BCUT2D eigenvalue weighted by molar-refractivity contribution is -0.143. The predicted octanol–water partition coefficient (Wildman–Crippen LogP) is 1.73. The average Bonchev–Trinajstić information content (AvgIpc) is 2.91. The lowest BCUT2D eigenvalue weighted by Crippen LogP contribution is -2.25. The normalized spacial score (nSPS) is 20.3. The minimum atomic E-state index is -2.96. The zero-order chi connectivity index (χ0) is 17.7. The molecular weight excluding hydrogens is 352 g/mol. The van der Waals surface area contributed by atoms with Gasteiger partial charge in [0.2, 0.25) is 5.78 Å². The van der Waals surface area contributed by atoms with E-state index in [2.05, 4.69) is 0 Å². The Hall–Kier alpha value is -1.54. The molecule has 0 N–H and O–H groups in total. The molecule has 0 radical (unpaired) electrons. The van der Waals surface area contributed by atoms with E-state index in [1.807, 2.05) is 0 Å². The number of esters is 1. The van der Waals surface area contributed by atoms with E-state index in [4.69, 9.17) is 9.47 Å². The number of hydrogen-bond acceptors (Lipinski definition) is 7. The van der Waals surface area contributed by atoms with Crippen LogP contribution >= 0.6 is 11.8 Å². The van der Waals surface area contributed by atoms with Gasteiger partial charge in [0.1, 0.15) is 5.75 Å². The molecule has 0 aliphatic carbocycles. The Labute approximate surface area is 145 Å². The molecule has 1 aromatic rings.